The first kappa shape index (κ1) is 13.7. The fourth-order valence-corrected chi connectivity index (χ4v) is 2.13. The molecule has 2 rings (SSSR count). The molecule has 0 saturated heterocycles. The third-order valence-electron chi connectivity index (χ3n) is 2.53. The van der Waals surface area contributed by atoms with E-state index in [0.717, 1.165) is 0 Å². The van der Waals surface area contributed by atoms with Crippen LogP contribution in [0.2, 0.25) is 0 Å². The van der Waals surface area contributed by atoms with Gasteiger partial charge in [-0.1, -0.05) is 0 Å². The summed E-state index contributed by atoms with van der Waals surface area (Å²) in [6.07, 6.45) is 0. The van der Waals surface area contributed by atoms with Gasteiger partial charge in [0.25, 0.3) is 5.91 Å². The minimum absolute atomic E-state index is 0.227. The maximum Gasteiger partial charge on any atom is 0.255 e. The van der Waals surface area contributed by atoms with Crippen LogP contribution in [0.1, 0.15) is 22.0 Å². The Morgan fingerprint density at radius 3 is 2.84 bits per heavy atom. The van der Waals surface area contributed by atoms with Crippen molar-refractivity contribution in [3.05, 3.63) is 45.7 Å². The molecule has 0 atom stereocenters. The number of nitrogens with zero attached hydrogens (tertiary/aromatic N) is 3. The molecule has 5 nitrogen and oxygen atoms in total. The third kappa shape index (κ3) is 3.17. The second-order valence-corrected chi connectivity index (χ2v) is 4.98. The molecule has 0 aliphatic carbocycles. The van der Waals surface area contributed by atoms with E-state index < -0.39 is 5.82 Å². The molecule has 0 radical (unpaired) electrons. The Kier molecular flexibility index (Phi) is 3.94. The molecule has 0 saturated carbocycles. The molecule has 19 heavy (non-hydrogen) atoms. The van der Waals surface area contributed by atoms with Gasteiger partial charge in [0, 0.05) is 11.5 Å². The second-order valence-electron chi connectivity index (χ2n) is 4.12. The lowest BCUT2D eigenvalue weighted by Crippen LogP contribution is -2.27. The Labute approximate surface area is 118 Å². The van der Waals surface area contributed by atoms with Crippen molar-refractivity contribution in [2.45, 2.75) is 13.5 Å². The van der Waals surface area contributed by atoms with Gasteiger partial charge in [-0.15, -0.1) is 0 Å². The first-order valence-corrected chi connectivity index (χ1v) is 6.35. The highest BCUT2D eigenvalue weighted by molar-refractivity contribution is 9.10. The Balaban J connectivity index is 2.14. The van der Waals surface area contributed by atoms with Gasteiger partial charge in [0.05, 0.1) is 12.1 Å². The van der Waals surface area contributed by atoms with E-state index in [1.807, 2.05) is 0 Å². The first-order valence-electron chi connectivity index (χ1n) is 5.56. The highest BCUT2D eigenvalue weighted by Gasteiger charge is 2.16. The molecule has 0 fully saturated rings. The van der Waals surface area contributed by atoms with E-state index in [1.165, 1.54) is 23.1 Å². The number of aromatic nitrogens is 3. The third-order valence-corrected chi connectivity index (χ3v) is 3.19. The van der Waals surface area contributed by atoms with Gasteiger partial charge < -0.3 is 4.90 Å². The predicted octanol–water partition coefficient (Wildman–Crippen LogP) is 2.29. The van der Waals surface area contributed by atoms with Crippen molar-refractivity contribution in [1.29, 1.82) is 0 Å². The number of aryl methyl sites for hydroxylation is 1. The number of benzene rings is 1. The van der Waals surface area contributed by atoms with Crippen LogP contribution in [0.15, 0.2) is 22.7 Å². The molecule has 1 heterocycles. The number of aromatic amines is 1. The zero-order chi connectivity index (χ0) is 14.0. The minimum Gasteiger partial charge on any atom is -0.334 e. The number of rotatable bonds is 3. The molecule has 1 amide bonds. The molecule has 0 aliphatic heterocycles. The molecule has 0 spiro atoms. The van der Waals surface area contributed by atoms with Gasteiger partial charge >= 0.3 is 0 Å². The lowest BCUT2D eigenvalue weighted by Gasteiger charge is -2.16. The quantitative estimate of drug-likeness (QED) is 0.941. The highest BCUT2D eigenvalue weighted by Crippen LogP contribution is 2.19. The van der Waals surface area contributed by atoms with E-state index in [1.54, 1.807) is 14.0 Å². The summed E-state index contributed by atoms with van der Waals surface area (Å²) in [4.78, 5) is 17.8. The summed E-state index contributed by atoms with van der Waals surface area (Å²) in [6, 6.07) is 3.96. The molecule has 0 aliphatic rings. The molecular formula is C12H12BrFN4O. The molecular weight excluding hydrogens is 315 g/mol. The smallest absolute Gasteiger partial charge is 0.255 e. The van der Waals surface area contributed by atoms with Crippen LogP contribution in [0, 0.1) is 12.7 Å². The van der Waals surface area contributed by atoms with Crippen molar-refractivity contribution >= 4 is 21.8 Å². The zero-order valence-electron chi connectivity index (χ0n) is 10.4. The zero-order valence-corrected chi connectivity index (χ0v) is 12.0. The van der Waals surface area contributed by atoms with Crippen molar-refractivity contribution in [3.8, 4) is 0 Å². The van der Waals surface area contributed by atoms with Crippen molar-refractivity contribution in [3.63, 3.8) is 0 Å². The lowest BCUT2D eigenvalue weighted by molar-refractivity contribution is 0.0780. The fourth-order valence-electron chi connectivity index (χ4n) is 1.61. The van der Waals surface area contributed by atoms with Crippen LogP contribution in [-0.2, 0) is 6.54 Å². The van der Waals surface area contributed by atoms with E-state index in [-0.39, 0.29) is 12.5 Å². The number of hydrogen-bond acceptors (Lipinski definition) is 3. The maximum absolute atomic E-state index is 13.0. The summed E-state index contributed by atoms with van der Waals surface area (Å²) in [5.41, 5.74) is 0.399. The molecule has 100 valence electrons. The number of nitrogens with one attached hydrogen (secondary N) is 1. The van der Waals surface area contributed by atoms with Gasteiger partial charge in [-0.05, 0) is 41.1 Å². The summed E-state index contributed by atoms with van der Waals surface area (Å²) >= 11 is 3.18. The second kappa shape index (κ2) is 5.48. The summed E-state index contributed by atoms with van der Waals surface area (Å²) in [7, 11) is 1.64. The van der Waals surface area contributed by atoms with Gasteiger partial charge in [-0.25, -0.2) is 9.37 Å². The fraction of sp³-hybridized carbons (Fsp3) is 0.250. The van der Waals surface area contributed by atoms with Crippen LogP contribution in [-0.4, -0.2) is 33.0 Å². The van der Waals surface area contributed by atoms with E-state index in [2.05, 4.69) is 31.1 Å². The molecule has 1 N–H and O–H groups in total. The van der Waals surface area contributed by atoms with Gasteiger partial charge in [0.2, 0.25) is 0 Å². The normalized spacial score (nSPS) is 10.5. The molecule has 0 unspecified atom stereocenters. The van der Waals surface area contributed by atoms with Crippen molar-refractivity contribution in [2.24, 2.45) is 0 Å². The van der Waals surface area contributed by atoms with Crippen molar-refractivity contribution in [2.75, 3.05) is 7.05 Å². The van der Waals surface area contributed by atoms with Gasteiger partial charge in [0.1, 0.15) is 11.6 Å². The Morgan fingerprint density at radius 2 is 2.26 bits per heavy atom. The van der Waals surface area contributed by atoms with E-state index in [0.29, 0.717) is 21.7 Å². The Morgan fingerprint density at radius 1 is 1.53 bits per heavy atom. The average molecular weight is 327 g/mol. The monoisotopic (exact) mass is 326 g/mol. The number of carbonyl (C=O) groups excluding carboxylic acids is 1. The standard InChI is InChI=1S/C12H12BrFN4O/c1-7-15-11(17-16-7)6-18(2)12(19)9-4-3-8(14)5-10(9)13/h3-5H,6H2,1-2H3,(H,15,16,17). The van der Waals surface area contributed by atoms with Crippen LogP contribution in [0.4, 0.5) is 4.39 Å². The average Bonchev–Trinajstić information content (AvgIpc) is 2.74. The summed E-state index contributed by atoms with van der Waals surface area (Å²) < 4.78 is 13.4. The summed E-state index contributed by atoms with van der Waals surface area (Å²) in [5.74, 6) is 0.607. The number of halogens is 2. The number of carbonyl (C=O) groups is 1. The summed E-state index contributed by atoms with van der Waals surface area (Å²) in [5, 5.41) is 6.68. The van der Waals surface area contributed by atoms with Crippen molar-refractivity contribution < 1.29 is 9.18 Å². The molecule has 0 bridgehead atoms. The molecule has 7 heteroatoms. The van der Waals surface area contributed by atoms with Crippen molar-refractivity contribution in [1.82, 2.24) is 20.1 Å². The Hall–Kier alpha value is -1.76. The highest BCUT2D eigenvalue weighted by atomic mass is 79.9. The van der Waals surface area contributed by atoms with E-state index in [9.17, 15) is 9.18 Å². The van der Waals surface area contributed by atoms with Crippen LogP contribution in [0.3, 0.4) is 0 Å². The van der Waals surface area contributed by atoms with Crippen LogP contribution in [0.25, 0.3) is 0 Å². The van der Waals surface area contributed by atoms with Gasteiger partial charge in [-0.3, -0.25) is 9.89 Å². The number of hydrogen-bond donors (Lipinski definition) is 1. The maximum atomic E-state index is 13.0. The molecule has 1 aromatic carbocycles. The lowest BCUT2D eigenvalue weighted by atomic mass is 10.2. The minimum atomic E-state index is -0.393. The van der Waals surface area contributed by atoms with Crippen LogP contribution >= 0.6 is 15.9 Å². The van der Waals surface area contributed by atoms with Gasteiger partial charge in [-0.2, -0.15) is 5.10 Å². The summed E-state index contributed by atoms with van der Waals surface area (Å²) in [6.45, 7) is 2.07. The topological polar surface area (TPSA) is 61.9 Å². The number of amides is 1. The van der Waals surface area contributed by atoms with Crippen LogP contribution < -0.4 is 0 Å². The molecule has 2 aromatic rings. The Bertz CT molecular complexity index is 614. The number of H-pyrrole nitrogens is 1. The van der Waals surface area contributed by atoms with E-state index >= 15 is 0 Å². The largest absolute Gasteiger partial charge is 0.334 e. The van der Waals surface area contributed by atoms with Crippen LogP contribution in [0.5, 0.6) is 0 Å². The predicted molar refractivity (Wildman–Crippen MR) is 71.0 cm³/mol. The molecule has 1 aromatic heterocycles. The van der Waals surface area contributed by atoms with E-state index in [4.69, 9.17) is 0 Å². The first-order chi connectivity index (χ1) is 8.97. The SMILES string of the molecule is Cc1nc(CN(C)C(=O)c2ccc(F)cc2Br)n[nH]1. The van der Waals surface area contributed by atoms with Gasteiger partial charge in [0.15, 0.2) is 5.82 Å².